The molecule has 8 rings (SSSR count). The number of hydrogen-bond acceptors (Lipinski definition) is 8. The van der Waals surface area contributed by atoms with Crippen LogP contribution >= 0.6 is 68.0 Å². The second-order valence-electron chi connectivity index (χ2n) is 8.86. The van der Waals surface area contributed by atoms with Gasteiger partial charge >= 0.3 is 0 Å². The Morgan fingerprint density at radius 2 is 0.700 bits per heavy atom. The first kappa shape index (κ1) is 24.8. The zero-order chi connectivity index (χ0) is 27.1. The van der Waals surface area contributed by atoms with Crippen LogP contribution in [0, 0.1) is 23.3 Å². The third-order valence-corrected chi connectivity index (χ3v) is 13.2. The van der Waals surface area contributed by atoms with Crippen molar-refractivity contribution in [1.29, 1.82) is 0 Å². The van der Waals surface area contributed by atoms with Crippen molar-refractivity contribution < 1.29 is 17.6 Å². The second-order valence-corrected chi connectivity index (χ2v) is 15.2. The predicted molar refractivity (Wildman–Crippen MR) is 163 cm³/mol. The molecule has 0 aliphatic heterocycles. The van der Waals surface area contributed by atoms with Gasteiger partial charge < -0.3 is 0 Å². The number of thiazole rings is 2. The molecule has 196 valence electrons. The molecule has 8 aromatic rings. The summed E-state index contributed by atoms with van der Waals surface area (Å²) in [5.74, 6) is -2.35. The average molecular weight is 643 g/mol. The smallest absolute Gasteiger partial charge is 0.155 e. The maximum atomic E-state index is 13.7. The van der Waals surface area contributed by atoms with Crippen molar-refractivity contribution >= 4 is 96.5 Å². The van der Waals surface area contributed by atoms with Crippen molar-refractivity contribution in [1.82, 2.24) is 9.97 Å². The van der Waals surface area contributed by atoms with Gasteiger partial charge in [0.15, 0.2) is 9.66 Å². The van der Waals surface area contributed by atoms with Gasteiger partial charge in [0.25, 0.3) is 0 Å². The van der Waals surface area contributed by atoms with Crippen LogP contribution in [0.3, 0.4) is 0 Å². The summed E-state index contributed by atoms with van der Waals surface area (Å²) in [6, 6.07) is 15.2. The molecule has 0 aliphatic rings. The molecule has 0 saturated heterocycles. The SMILES string of the molecule is Fc1cc(F)cc(-c2cc3sc(-c4nc5sc(-c6cc7sc(-c8cc(F)cc(F)c8)cc7s6)nc5s4)cc3s2)c1. The van der Waals surface area contributed by atoms with Gasteiger partial charge in [0.1, 0.15) is 33.3 Å². The fraction of sp³-hybridized carbons (Fsp3) is 0. The van der Waals surface area contributed by atoms with Crippen LogP contribution in [-0.2, 0) is 0 Å². The van der Waals surface area contributed by atoms with Crippen LogP contribution in [0.5, 0.6) is 0 Å². The zero-order valence-corrected chi connectivity index (χ0v) is 24.5. The van der Waals surface area contributed by atoms with Crippen molar-refractivity contribution in [2.75, 3.05) is 0 Å². The molecular weight excluding hydrogens is 633 g/mol. The first-order valence-corrected chi connectivity index (χ1v) is 16.5. The van der Waals surface area contributed by atoms with Crippen LogP contribution in [0.1, 0.15) is 0 Å². The lowest BCUT2D eigenvalue weighted by Crippen LogP contribution is -1.81. The molecule has 0 radical (unpaired) electrons. The second kappa shape index (κ2) is 9.26. The van der Waals surface area contributed by atoms with E-state index in [1.807, 2.05) is 12.1 Å². The van der Waals surface area contributed by atoms with Gasteiger partial charge in [-0.05, 0) is 59.7 Å². The van der Waals surface area contributed by atoms with E-state index in [4.69, 9.17) is 9.97 Å². The highest BCUT2D eigenvalue weighted by molar-refractivity contribution is 7.35. The summed E-state index contributed by atoms with van der Waals surface area (Å²) in [5, 5.41) is 1.79. The van der Waals surface area contributed by atoms with Gasteiger partial charge in [0.05, 0.1) is 9.75 Å². The van der Waals surface area contributed by atoms with Gasteiger partial charge in [0.2, 0.25) is 0 Å². The van der Waals surface area contributed by atoms with E-state index < -0.39 is 23.3 Å². The molecule has 0 aliphatic carbocycles. The Kier molecular flexibility index (Phi) is 5.74. The summed E-state index contributed by atoms with van der Waals surface area (Å²) in [4.78, 5) is 15.1. The Labute approximate surface area is 247 Å². The standard InChI is InChI=1S/C28H10F4N2S6/c29-13-1-11(2-14(30)5-13)17-7-19-21(35-17)9-23(37-19)25-33-27-28(39-25)34-26(40-27)24-10-22-20(38-24)8-18(36-22)12-3-15(31)6-16(32)4-12/h1-10H. The van der Waals surface area contributed by atoms with Crippen molar-refractivity contribution in [3.05, 3.63) is 83.9 Å². The van der Waals surface area contributed by atoms with E-state index in [9.17, 15) is 17.6 Å². The highest BCUT2D eigenvalue weighted by Crippen LogP contribution is 2.47. The Balaban J connectivity index is 1.07. The van der Waals surface area contributed by atoms with Gasteiger partial charge in [-0.1, -0.05) is 22.7 Å². The van der Waals surface area contributed by atoms with Crippen LogP contribution in [-0.4, -0.2) is 9.97 Å². The minimum Gasteiger partial charge on any atom is -0.222 e. The Hall–Kier alpha value is -3.00. The van der Waals surface area contributed by atoms with Gasteiger partial charge in [0, 0.05) is 40.7 Å². The van der Waals surface area contributed by atoms with Crippen LogP contribution in [0.2, 0.25) is 0 Å². The molecule has 2 aromatic carbocycles. The van der Waals surface area contributed by atoms with Crippen LogP contribution in [0.4, 0.5) is 17.6 Å². The van der Waals surface area contributed by atoms with Gasteiger partial charge in [-0.2, -0.15) is 0 Å². The summed E-state index contributed by atoms with van der Waals surface area (Å²) in [7, 11) is 0. The van der Waals surface area contributed by atoms with E-state index in [2.05, 4.69) is 12.1 Å². The molecule has 12 heteroatoms. The van der Waals surface area contributed by atoms with Gasteiger partial charge in [-0.3, -0.25) is 0 Å². The molecule has 0 N–H and O–H groups in total. The van der Waals surface area contributed by atoms with Crippen molar-refractivity contribution in [2.24, 2.45) is 0 Å². The largest absolute Gasteiger partial charge is 0.222 e. The van der Waals surface area contributed by atoms with Crippen LogP contribution in [0.15, 0.2) is 60.7 Å². The molecule has 0 bridgehead atoms. The Morgan fingerprint density at radius 1 is 0.375 bits per heavy atom. The lowest BCUT2D eigenvalue weighted by molar-refractivity contribution is 0.583. The maximum Gasteiger partial charge on any atom is 0.155 e. The molecule has 40 heavy (non-hydrogen) atoms. The number of rotatable bonds is 4. The van der Waals surface area contributed by atoms with E-state index in [-0.39, 0.29) is 0 Å². The topological polar surface area (TPSA) is 25.8 Å². The number of fused-ring (bicyclic) bond motifs is 3. The molecular formula is C28H10F4N2S6. The van der Waals surface area contributed by atoms with Crippen LogP contribution in [0.25, 0.3) is 69.1 Å². The lowest BCUT2D eigenvalue weighted by Gasteiger charge is -1.98. The first-order chi connectivity index (χ1) is 19.3. The molecule has 6 heterocycles. The highest BCUT2D eigenvalue weighted by atomic mass is 32.1. The predicted octanol–water partition coefficient (Wildman–Crippen LogP) is 11.5. The minimum atomic E-state index is -0.588. The summed E-state index contributed by atoms with van der Waals surface area (Å²) in [6.07, 6.45) is 0. The molecule has 0 unspecified atom stereocenters. The number of nitrogens with zero attached hydrogens (tertiary/aromatic N) is 2. The Bertz CT molecular complexity index is 1960. The molecule has 0 amide bonds. The van der Waals surface area contributed by atoms with E-state index in [1.165, 1.54) is 46.9 Å². The number of hydrogen-bond donors (Lipinski definition) is 0. The summed E-state index contributed by atoms with van der Waals surface area (Å²) in [6.45, 7) is 0. The molecule has 6 aromatic heterocycles. The molecule has 2 nitrogen and oxygen atoms in total. The summed E-state index contributed by atoms with van der Waals surface area (Å²) < 4.78 is 58.8. The van der Waals surface area contributed by atoms with Crippen molar-refractivity contribution in [3.8, 4) is 40.7 Å². The van der Waals surface area contributed by atoms with Crippen LogP contribution < -0.4 is 0 Å². The third kappa shape index (κ3) is 4.30. The molecule has 0 atom stereocenters. The average Bonchev–Trinajstić information content (AvgIpc) is 3.68. The first-order valence-electron chi connectivity index (χ1n) is 11.6. The summed E-state index contributed by atoms with van der Waals surface area (Å²) >= 11 is 9.29. The van der Waals surface area contributed by atoms with Gasteiger partial charge in [-0.15, -0.1) is 45.3 Å². The number of halogens is 4. The summed E-state index contributed by atoms with van der Waals surface area (Å²) in [5.41, 5.74) is 1.07. The van der Waals surface area contributed by atoms with E-state index in [0.717, 1.165) is 70.1 Å². The molecule has 0 saturated carbocycles. The molecule has 0 spiro atoms. The number of benzene rings is 2. The number of thiophene rings is 4. The highest BCUT2D eigenvalue weighted by Gasteiger charge is 2.19. The van der Waals surface area contributed by atoms with Crippen molar-refractivity contribution in [3.63, 3.8) is 0 Å². The van der Waals surface area contributed by atoms with E-state index >= 15 is 0 Å². The zero-order valence-electron chi connectivity index (χ0n) is 19.6. The Morgan fingerprint density at radius 3 is 1.07 bits per heavy atom. The normalized spacial score (nSPS) is 12.0. The van der Waals surface area contributed by atoms with Crippen molar-refractivity contribution in [2.45, 2.75) is 0 Å². The maximum absolute atomic E-state index is 13.7. The number of aromatic nitrogens is 2. The lowest BCUT2D eigenvalue weighted by atomic mass is 10.2. The monoisotopic (exact) mass is 642 g/mol. The van der Waals surface area contributed by atoms with E-state index in [0.29, 0.717) is 11.1 Å². The fourth-order valence-electron chi connectivity index (χ4n) is 4.41. The quantitative estimate of drug-likeness (QED) is 0.179. The minimum absolute atomic E-state index is 0.534. The van der Waals surface area contributed by atoms with E-state index in [1.54, 1.807) is 45.3 Å². The molecule has 0 fully saturated rings. The van der Waals surface area contributed by atoms with Gasteiger partial charge in [-0.25, -0.2) is 27.5 Å². The fourth-order valence-corrected chi connectivity index (χ4v) is 11.3. The third-order valence-electron chi connectivity index (χ3n) is 6.11.